The first-order chi connectivity index (χ1) is 9.04. The number of nitrogen functional groups attached to an aromatic ring is 1. The summed E-state index contributed by atoms with van der Waals surface area (Å²) in [5.41, 5.74) is 10.3. The molecule has 0 spiro atoms. The SMILES string of the molecule is Cc1cc(-c2nc3c(N)cc(Cl)cc3[nH]2)ccc1Br. The van der Waals surface area contributed by atoms with Gasteiger partial charge in [0.15, 0.2) is 0 Å². The van der Waals surface area contributed by atoms with Gasteiger partial charge in [-0.05, 0) is 36.8 Å². The largest absolute Gasteiger partial charge is 0.397 e. The summed E-state index contributed by atoms with van der Waals surface area (Å²) in [5, 5.41) is 0.604. The highest BCUT2D eigenvalue weighted by atomic mass is 79.9. The Morgan fingerprint density at radius 3 is 2.79 bits per heavy atom. The zero-order chi connectivity index (χ0) is 13.6. The van der Waals surface area contributed by atoms with Crippen molar-refractivity contribution in [3.05, 3.63) is 45.4 Å². The first kappa shape index (κ1) is 12.5. The standard InChI is InChI=1S/C14H11BrClN3/c1-7-4-8(2-3-10(7)15)14-18-12-6-9(16)5-11(17)13(12)19-14/h2-6H,17H2,1H3,(H,18,19). The first-order valence-corrected chi connectivity index (χ1v) is 6.93. The zero-order valence-corrected chi connectivity index (χ0v) is 12.5. The predicted octanol–water partition coefficient (Wildman–Crippen LogP) is 4.54. The molecule has 0 aliphatic rings. The third-order valence-electron chi connectivity index (χ3n) is 3.01. The van der Waals surface area contributed by atoms with Crippen LogP contribution in [-0.2, 0) is 0 Å². The van der Waals surface area contributed by atoms with Crippen LogP contribution in [-0.4, -0.2) is 9.97 Å². The number of rotatable bonds is 1. The van der Waals surface area contributed by atoms with Crippen molar-refractivity contribution in [2.75, 3.05) is 5.73 Å². The lowest BCUT2D eigenvalue weighted by molar-refractivity contribution is 1.32. The number of hydrogen-bond donors (Lipinski definition) is 2. The van der Waals surface area contributed by atoms with Crippen LogP contribution in [0.25, 0.3) is 22.4 Å². The van der Waals surface area contributed by atoms with Crippen molar-refractivity contribution < 1.29 is 0 Å². The highest BCUT2D eigenvalue weighted by Crippen LogP contribution is 2.29. The minimum atomic E-state index is 0.582. The topological polar surface area (TPSA) is 54.7 Å². The second-order valence-corrected chi connectivity index (χ2v) is 5.73. The van der Waals surface area contributed by atoms with E-state index < -0.39 is 0 Å². The van der Waals surface area contributed by atoms with E-state index in [1.54, 1.807) is 6.07 Å². The van der Waals surface area contributed by atoms with Gasteiger partial charge in [-0.15, -0.1) is 0 Å². The van der Waals surface area contributed by atoms with Gasteiger partial charge in [-0.2, -0.15) is 0 Å². The van der Waals surface area contributed by atoms with Gasteiger partial charge < -0.3 is 10.7 Å². The average molecular weight is 337 g/mol. The van der Waals surface area contributed by atoms with Gasteiger partial charge in [-0.25, -0.2) is 4.98 Å². The molecule has 0 aliphatic heterocycles. The number of halogens is 2. The molecule has 3 aromatic rings. The lowest BCUT2D eigenvalue weighted by Crippen LogP contribution is -1.86. The van der Waals surface area contributed by atoms with Crippen molar-refractivity contribution in [2.24, 2.45) is 0 Å². The Kier molecular flexibility index (Phi) is 2.99. The molecule has 96 valence electrons. The molecule has 1 heterocycles. The Morgan fingerprint density at radius 1 is 1.26 bits per heavy atom. The lowest BCUT2D eigenvalue weighted by atomic mass is 10.1. The Labute approximate surface area is 123 Å². The number of fused-ring (bicyclic) bond motifs is 1. The summed E-state index contributed by atoms with van der Waals surface area (Å²) < 4.78 is 1.08. The normalized spacial score (nSPS) is 11.1. The minimum absolute atomic E-state index is 0.582. The van der Waals surface area contributed by atoms with Crippen LogP contribution in [0.15, 0.2) is 34.8 Å². The summed E-state index contributed by atoms with van der Waals surface area (Å²) >= 11 is 9.48. The molecule has 0 amide bonds. The molecule has 0 fully saturated rings. The molecule has 2 aromatic carbocycles. The molecule has 0 saturated carbocycles. The molecule has 5 heteroatoms. The molecule has 0 radical (unpaired) electrons. The van der Waals surface area contributed by atoms with Gasteiger partial charge in [0.1, 0.15) is 11.3 Å². The number of aromatic nitrogens is 2. The lowest BCUT2D eigenvalue weighted by Gasteiger charge is -2.00. The molecule has 0 bridgehead atoms. The quantitative estimate of drug-likeness (QED) is 0.641. The van der Waals surface area contributed by atoms with Gasteiger partial charge in [0.05, 0.1) is 11.2 Å². The smallest absolute Gasteiger partial charge is 0.138 e. The number of H-pyrrole nitrogens is 1. The number of imidazole rings is 1. The van der Waals surface area contributed by atoms with Gasteiger partial charge in [0.25, 0.3) is 0 Å². The summed E-state index contributed by atoms with van der Waals surface area (Å²) in [6.45, 7) is 2.04. The number of nitrogens with zero attached hydrogens (tertiary/aromatic N) is 1. The molecule has 0 atom stereocenters. The second-order valence-electron chi connectivity index (χ2n) is 4.44. The van der Waals surface area contributed by atoms with Gasteiger partial charge in [-0.1, -0.05) is 33.6 Å². The van der Waals surface area contributed by atoms with E-state index in [9.17, 15) is 0 Å². The van der Waals surface area contributed by atoms with E-state index >= 15 is 0 Å². The summed E-state index contributed by atoms with van der Waals surface area (Å²) in [5.74, 6) is 0.791. The Hall–Kier alpha value is -1.52. The van der Waals surface area contributed by atoms with Crippen molar-refractivity contribution in [3.8, 4) is 11.4 Å². The number of anilines is 1. The summed E-state index contributed by atoms with van der Waals surface area (Å²) in [6.07, 6.45) is 0. The number of aromatic amines is 1. The Balaban J connectivity index is 2.20. The predicted molar refractivity (Wildman–Crippen MR) is 83.4 cm³/mol. The van der Waals surface area contributed by atoms with Crippen LogP contribution < -0.4 is 5.73 Å². The van der Waals surface area contributed by atoms with Gasteiger partial charge in [-0.3, -0.25) is 0 Å². The van der Waals surface area contributed by atoms with Crippen molar-refractivity contribution in [3.63, 3.8) is 0 Å². The third kappa shape index (κ3) is 2.22. The number of aryl methyl sites for hydroxylation is 1. The van der Waals surface area contributed by atoms with Crippen molar-refractivity contribution >= 4 is 44.3 Å². The second kappa shape index (κ2) is 4.54. The molecule has 3 nitrogen and oxygen atoms in total. The molecule has 1 aromatic heterocycles. The van der Waals surface area contributed by atoms with Crippen LogP contribution in [0.4, 0.5) is 5.69 Å². The Bertz CT molecular complexity index is 780. The van der Waals surface area contributed by atoms with Crippen molar-refractivity contribution in [1.82, 2.24) is 9.97 Å². The third-order valence-corrected chi connectivity index (χ3v) is 4.12. The van der Waals surface area contributed by atoms with Crippen molar-refractivity contribution in [2.45, 2.75) is 6.92 Å². The van der Waals surface area contributed by atoms with E-state index in [4.69, 9.17) is 17.3 Å². The maximum absolute atomic E-state index is 5.99. The zero-order valence-electron chi connectivity index (χ0n) is 10.2. The van der Waals surface area contributed by atoms with Crippen LogP contribution in [0, 0.1) is 6.92 Å². The number of hydrogen-bond acceptors (Lipinski definition) is 2. The van der Waals surface area contributed by atoms with E-state index in [1.165, 1.54) is 0 Å². The number of benzene rings is 2. The van der Waals surface area contributed by atoms with Crippen LogP contribution in [0.3, 0.4) is 0 Å². The van der Waals surface area contributed by atoms with E-state index in [-0.39, 0.29) is 0 Å². The maximum atomic E-state index is 5.99. The molecule has 0 saturated heterocycles. The highest BCUT2D eigenvalue weighted by molar-refractivity contribution is 9.10. The number of nitrogens with two attached hydrogens (primary N) is 1. The van der Waals surface area contributed by atoms with Crippen molar-refractivity contribution in [1.29, 1.82) is 0 Å². The van der Waals surface area contributed by atoms with Gasteiger partial charge in [0, 0.05) is 15.1 Å². The van der Waals surface area contributed by atoms with E-state index in [1.807, 2.05) is 25.1 Å². The fraction of sp³-hybridized carbons (Fsp3) is 0.0714. The number of nitrogens with one attached hydrogen (secondary N) is 1. The van der Waals surface area contributed by atoms with E-state index in [0.29, 0.717) is 10.7 Å². The average Bonchev–Trinajstić information content (AvgIpc) is 2.76. The summed E-state index contributed by atoms with van der Waals surface area (Å²) in [4.78, 5) is 7.79. The van der Waals surface area contributed by atoms with Crippen LogP contribution in [0.1, 0.15) is 5.56 Å². The monoisotopic (exact) mass is 335 g/mol. The summed E-state index contributed by atoms with van der Waals surface area (Å²) in [7, 11) is 0. The molecule has 19 heavy (non-hydrogen) atoms. The van der Waals surface area contributed by atoms with Crippen LogP contribution >= 0.6 is 27.5 Å². The highest BCUT2D eigenvalue weighted by Gasteiger charge is 2.09. The molecule has 3 rings (SSSR count). The molecule has 0 aliphatic carbocycles. The molecule has 0 unspecified atom stereocenters. The minimum Gasteiger partial charge on any atom is -0.397 e. The fourth-order valence-electron chi connectivity index (χ4n) is 2.04. The van der Waals surface area contributed by atoms with Gasteiger partial charge >= 0.3 is 0 Å². The first-order valence-electron chi connectivity index (χ1n) is 5.76. The van der Waals surface area contributed by atoms with Crippen LogP contribution in [0.5, 0.6) is 0 Å². The van der Waals surface area contributed by atoms with E-state index in [2.05, 4.69) is 32.0 Å². The fourth-order valence-corrected chi connectivity index (χ4v) is 2.51. The molecular formula is C14H11BrClN3. The summed E-state index contributed by atoms with van der Waals surface area (Å²) in [6, 6.07) is 9.62. The molecule has 3 N–H and O–H groups in total. The van der Waals surface area contributed by atoms with Crippen LogP contribution in [0.2, 0.25) is 5.02 Å². The van der Waals surface area contributed by atoms with E-state index in [0.717, 1.165) is 32.5 Å². The Morgan fingerprint density at radius 2 is 2.05 bits per heavy atom. The van der Waals surface area contributed by atoms with Gasteiger partial charge in [0.2, 0.25) is 0 Å². The maximum Gasteiger partial charge on any atom is 0.138 e. The molecular weight excluding hydrogens is 326 g/mol.